The lowest BCUT2D eigenvalue weighted by molar-refractivity contribution is 0.0949. The zero-order valence-corrected chi connectivity index (χ0v) is 15.6. The molecular formula is C22H26N4O. The van der Waals surface area contributed by atoms with Crippen LogP contribution in [0, 0.1) is 0 Å². The summed E-state index contributed by atoms with van der Waals surface area (Å²) in [5.74, 6) is -0.105. The normalized spacial score (nSPS) is 14.9. The third-order valence-corrected chi connectivity index (χ3v) is 5.30. The summed E-state index contributed by atoms with van der Waals surface area (Å²) in [7, 11) is 0. The quantitative estimate of drug-likeness (QED) is 0.723. The van der Waals surface area contributed by atoms with Gasteiger partial charge in [0.15, 0.2) is 0 Å². The van der Waals surface area contributed by atoms with Crippen molar-refractivity contribution in [3.63, 3.8) is 0 Å². The van der Waals surface area contributed by atoms with Gasteiger partial charge in [-0.05, 0) is 43.0 Å². The third kappa shape index (κ3) is 4.13. The number of carbonyl (C=O) groups excluding carboxylic acids is 1. The fourth-order valence-corrected chi connectivity index (χ4v) is 3.81. The molecular weight excluding hydrogens is 336 g/mol. The van der Waals surface area contributed by atoms with Crippen LogP contribution in [0.1, 0.15) is 41.7 Å². The number of aromatic nitrogens is 2. The molecule has 0 aliphatic carbocycles. The van der Waals surface area contributed by atoms with E-state index >= 15 is 0 Å². The van der Waals surface area contributed by atoms with Crippen LogP contribution in [0.25, 0.3) is 10.9 Å². The van der Waals surface area contributed by atoms with Crippen molar-refractivity contribution in [2.45, 2.75) is 32.1 Å². The number of para-hydroxylation sites is 1. The van der Waals surface area contributed by atoms with Crippen LogP contribution in [0.3, 0.4) is 0 Å². The number of hydrogen-bond acceptors (Lipinski definition) is 3. The van der Waals surface area contributed by atoms with Gasteiger partial charge in [-0.1, -0.05) is 31.0 Å². The van der Waals surface area contributed by atoms with Crippen molar-refractivity contribution in [1.82, 2.24) is 15.3 Å². The zero-order valence-electron chi connectivity index (χ0n) is 15.6. The second kappa shape index (κ2) is 8.25. The molecule has 2 aromatic heterocycles. The van der Waals surface area contributed by atoms with Gasteiger partial charge in [-0.15, -0.1) is 0 Å². The number of fused-ring (bicyclic) bond motifs is 1. The molecule has 1 fully saturated rings. The molecule has 3 aromatic rings. The van der Waals surface area contributed by atoms with E-state index in [4.69, 9.17) is 0 Å². The number of amides is 1. The van der Waals surface area contributed by atoms with Crippen LogP contribution in [-0.4, -0.2) is 35.5 Å². The van der Waals surface area contributed by atoms with E-state index in [9.17, 15) is 4.79 Å². The standard InChI is InChI=1S/C22H26N4O/c27-22(24-11-9-17-16-25-20-8-4-3-7-19(17)20)21-15-18(10-12-23-21)26-13-5-1-2-6-14-26/h3-4,7-8,10,12,15-16,25H,1-2,5-6,9,11,13-14H2,(H,24,27). The average molecular weight is 362 g/mol. The molecule has 0 atom stereocenters. The van der Waals surface area contributed by atoms with Crippen LogP contribution in [0.15, 0.2) is 48.8 Å². The highest BCUT2D eigenvalue weighted by atomic mass is 16.1. The summed E-state index contributed by atoms with van der Waals surface area (Å²) in [6, 6.07) is 12.2. The number of pyridine rings is 1. The Labute approximate surface area is 159 Å². The molecule has 3 heterocycles. The summed E-state index contributed by atoms with van der Waals surface area (Å²) in [6.07, 6.45) is 9.58. The van der Waals surface area contributed by atoms with E-state index in [1.54, 1.807) is 6.20 Å². The van der Waals surface area contributed by atoms with Crippen LogP contribution in [0.4, 0.5) is 5.69 Å². The molecule has 1 amide bonds. The van der Waals surface area contributed by atoms with Crippen molar-refractivity contribution in [3.05, 3.63) is 60.0 Å². The first-order chi connectivity index (χ1) is 13.3. The van der Waals surface area contributed by atoms with Crippen LogP contribution >= 0.6 is 0 Å². The summed E-state index contributed by atoms with van der Waals surface area (Å²) in [4.78, 5) is 22.5. The summed E-state index contributed by atoms with van der Waals surface area (Å²) in [6.45, 7) is 2.72. The van der Waals surface area contributed by atoms with Crippen molar-refractivity contribution in [1.29, 1.82) is 0 Å². The fourth-order valence-electron chi connectivity index (χ4n) is 3.81. The number of H-pyrrole nitrogens is 1. The van der Waals surface area contributed by atoms with Crippen molar-refractivity contribution in [3.8, 4) is 0 Å². The monoisotopic (exact) mass is 362 g/mol. The lowest BCUT2D eigenvalue weighted by atomic mass is 10.1. The van der Waals surface area contributed by atoms with Gasteiger partial charge in [-0.2, -0.15) is 0 Å². The molecule has 27 heavy (non-hydrogen) atoms. The minimum absolute atomic E-state index is 0.105. The minimum Gasteiger partial charge on any atom is -0.371 e. The predicted molar refractivity (Wildman–Crippen MR) is 109 cm³/mol. The highest BCUT2D eigenvalue weighted by molar-refractivity contribution is 5.93. The number of nitrogens with zero attached hydrogens (tertiary/aromatic N) is 2. The van der Waals surface area contributed by atoms with Gasteiger partial charge >= 0.3 is 0 Å². The number of rotatable bonds is 5. The Kier molecular flexibility index (Phi) is 5.37. The SMILES string of the molecule is O=C(NCCc1c[nH]c2ccccc12)c1cc(N2CCCCCC2)ccn1. The molecule has 1 aliphatic heterocycles. The van der Waals surface area contributed by atoms with Crippen LogP contribution < -0.4 is 10.2 Å². The van der Waals surface area contributed by atoms with E-state index < -0.39 is 0 Å². The molecule has 0 saturated carbocycles. The number of hydrogen-bond donors (Lipinski definition) is 2. The van der Waals surface area contributed by atoms with Crippen LogP contribution in [-0.2, 0) is 6.42 Å². The predicted octanol–water partition coefficient (Wildman–Crippen LogP) is 3.92. The second-order valence-corrected chi connectivity index (χ2v) is 7.17. The molecule has 2 N–H and O–H groups in total. The van der Waals surface area contributed by atoms with Crippen molar-refractivity contribution >= 4 is 22.5 Å². The van der Waals surface area contributed by atoms with Gasteiger partial charge in [0.1, 0.15) is 5.69 Å². The number of aromatic amines is 1. The van der Waals surface area contributed by atoms with E-state index in [1.807, 2.05) is 30.5 Å². The van der Waals surface area contributed by atoms with E-state index in [1.165, 1.54) is 36.6 Å². The molecule has 0 bridgehead atoms. The second-order valence-electron chi connectivity index (χ2n) is 7.17. The van der Waals surface area contributed by atoms with Gasteiger partial charge in [-0.3, -0.25) is 9.78 Å². The maximum absolute atomic E-state index is 12.5. The topological polar surface area (TPSA) is 61.0 Å². The Hall–Kier alpha value is -2.82. The van der Waals surface area contributed by atoms with Crippen molar-refractivity contribution in [2.75, 3.05) is 24.5 Å². The summed E-state index contributed by atoms with van der Waals surface area (Å²) >= 11 is 0. The first-order valence-electron chi connectivity index (χ1n) is 9.85. The zero-order chi connectivity index (χ0) is 18.5. The van der Waals surface area contributed by atoms with Gasteiger partial charge in [-0.25, -0.2) is 0 Å². The molecule has 1 aliphatic rings. The fraction of sp³-hybridized carbons (Fsp3) is 0.364. The molecule has 0 radical (unpaired) electrons. The van der Waals surface area contributed by atoms with Crippen molar-refractivity contribution in [2.24, 2.45) is 0 Å². The summed E-state index contributed by atoms with van der Waals surface area (Å²) in [5, 5.41) is 4.23. The van der Waals surface area contributed by atoms with Gasteiger partial charge in [0.25, 0.3) is 5.91 Å². The maximum atomic E-state index is 12.5. The molecule has 1 aromatic carbocycles. The largest absolute Gasteiger partial charge is 0.371 e. The highest BCUT2D eigenvalue weighted by Crippen LogP contribution is 2.20. The lowest BCUT2D eigenvalue weighted by Crippen LogP contribution is -2.28. The van der Waals surface area contributed by atoms with E-state index in [2.05, 4.69) is 32.3 Å². The minimum atomic E-state index is -0.105. The molecule has 0 spiro atoms. The Morgan fingerprint density at radius 1 is 1.11 bits per heavy atom. The Morgan fingerprint density at radius 3 is 2.78 bits per heavy atom. The van der Waals surface area contributed by atoms with Gasteiger partial charge in [0, 0.05) is 48.6 Å². The Balaban J connectivity index is 1.37. The lowest BCUT2D eigenvalue weighted by Gasteiger charge is -2.22. The van der Waals surface area contributed by atoms with Crippen molar-refractivity contribution < 1.29 is 4.79 Å². The number of carbonyl (C=O) groups is 1. The van der Waals surface area contributed by atoms with Crippen LogP contribution in [0.5, 0.6) is 0 Å². The first kappa shape index (κ1) is 17.6. The van der Waals surface area contributed by atoms with E-state index in [0.717, 1.165) is 30.7 Å². The molecule has 1 saturated heterocycles. The molecule has 5 heteroatoms. The smallest absolute Gasteiger partial charge is 0.269 e. The van der Waals surface area contributed by atoms with E-state index in [0.29, 0.717) is 12.2 Å². The van der Waals surface area contributed by atoms with Gasteiger partial charge < -0.3 is 15.2 Å². The summed E-state index contributed by atoms with van der Waals surface area (Å²) < 4.78 is 0. The number of nitrogens with one attached hydrogen (secondary N) is 2. The molecule has 140 valence electrons. The number of benzene rings is 1. The highest BCUT2D eigenvalue weighted by Gasteiger charge is 2.13. The first-order valence-corrected chi connectivity index (χ1v) is 9.85. The average Bonchev–Trinajstić information content (AvgIpc) is 2.93. The molecule has 4 rings (SSSR count). The van der Waals surface area contributed by atoms with Crippen LogP contribution in [0.2, 0.25) is 0 Å². The summed E-state index contributed by atoms with van der Waals surface area (Å²) in [5.41, 5.74) is 3.95. The number of anilines is 1. The third-order valence-electron chi connectivity index (χ3n) is 5.30. The van der Waals surface area contributed by atoms with Gasteiger partial charge in [0.05, 0.1) is 0 Å². The Bertz CT molecular complexity index is 909. The molecule has 0 unspecified atom stereocenters. The van der Waals surface area contributed by atoms with E-state index in [-0.39, 0.29) is 5.91 Å². The maximum Gasteiger partial charge on any atom is 0.269 e. The van der Waals surface area contributed by atoms with Gasteiger partial charge in [0.2, 0.25) is 0 Å². The Morgan fingerprint density at radius 2 is 1.93 bits per heavy atom. The molecule has 5 nitrogen and oxygen atoms in total.